The Hall–Kier alpha value is -1.81. The fourth-order valence-electron chi connectivity index (χ4n) is 2.53. The van der Waals surface area contributed by atoms with Gasteiger partial charge in [0.05, 0.1) is 23.1 Å². The maximum absolute atomic E-state index is 12.4. The molecular weight excluding hydrogens is 298 g/mol. The summed E-state index contributed by atoms with van der Waals surface area (Å²) in [5.74, 6) is 0.827. The molecule has 2 aromatic rings. The van der Waals surface area contributed by atoms with E-state index in [9.17, 15) is 4.79 Å². The van der Waals surface area contributed by atoms with E-state index in [1.165, 1.54) is 12.8 Å². The maximum atomic E-state index is 12.4. The molecule has 0 radical (unpaired) electrons. The average molecular weight is 318 g/mol. The molecule has 0 atom stereocenters. The largest absolute Gasteiger partial charge is 0.352 e. The Morgan fingerprint density at radius 1 is 1.36 bits per heavy atom. The minimum atomic E-state index is -0.0317. The van der Waals surface area contributed by atoms with E-state index >= 15 is 0 Å². The number of amides is 1. The van der Waals surface area contributed by atoms with Crippen LogP contribution >= 0.6 is 11.6 Å². The van der Waals surface area contributed by atoms with Crippen molar-refractivity contribution in [3.8, 4) is 5.69 Å². The number of hydrogen-bond donors (Lipinski definition) is 1. The normalized spacial score (nSPS) is 14.4. The summed E-state index contributed by atoms with van der Waals surface area (Å²) in [6, 6.07) is 7.48. The first-order chi connectivity index (χ1) is 10.6. The van der Waals surface area contributed by atoms with Gasteiger partial charge in [0.15, 0.2) is 0 Å². The molecule has 5 heteroatoms. The lowest BCUT2D eigenvalue weighted by atomic mass is 10.0. The van der Waals surface area contributed by atoms with Crippen LogP contribution in [-0.4, -0.2) is 22.2 Å². The molecule has 1 aromatic heterocycles. The van der Waals surface area contributed by atoms with Crippen LogP contribution in [0.15, 0.2) is 30.5 Å². The van der Waals surface area contributed by atoms with Crippen molar-refractivity contribution >= 4 is 17.5 Å². The van der Waals surface area contributed by atoms with Crippen LogP contribution < -0.4 is 5.32 Å². The van der Waals surface area contributed by atoms with Gasteiger partial charge in [-0.15, -0.1) is 0 Å². The second-order valence-electron chi connectivity index (χ2n) is 6.14. The van der Waals surface area contributed by atoms with Crippen molar-refractivity contribution in [3.05, 3.63) is 46.7 Å². The van der Waals surface area contributed by atoms with E-state index in [0.29, 0.717) is 16.5 Å². The summed E-state index contributed by atoms with van der Waals surface area (Å²) in [5, 5.41) is 8.12. The zero-order valence-electron chi connectivity index (χ0n) is 12.8. The van der Waals surface area contributed by atoms with Gasteiger partial charge < -0.3 is 5.32 Å². The van der Waals surface area contributed by atoms with Crippen molar-refractivity contribution in [1.82, 2.24) is 15.1 Å². The summed E-state index contributed by atoms with van der Waals surface area (Å²) in [4.78, 5) is 12.4. The minimum absolute atomic E-state index is 0.0317. The van der Waals surface area contributed by atoms with Crippen molar-refractivity contribution in [2.24, 2.45) is 5.92 Å². The Bertz CT molecular complexity index is 672. The molecule has 1 heterocycles. The molecule has 0 unspecified atom stereocenters. The smallest absolute Gasteiger partial charge is 0.254 e. The summed E-state index contributed by atoms with van der Waals surface area (Å²) >= 11 is 5.94. The summed E-state index contributed by atoms with van der Waals surface area (Å²) in [7, 11) is 0. The Balaban J connectivity index is 1.90. The highest BCUT2D eigenvalue weighted by Crippen LogP contribution is 2.28. The van der Waals surface area contributed by atoms with Gasteiger partial charge in [0, 0.05) is 11.6 Å². The molecule has 1 amide bonds. The quantitative estimate of drug-likeness (QED) is 0.912. The number of nitrogens with one attached hydrogen (secondary N) is 1. The molecule has 22 heavy (non-hydrogen) atoms. The maximum Gasteiger partial charge on any atom is 0.254 e. The number of halogens is 1. The molecule has 0 spiro atoms. The lowest BCUT2D eigenvalue weighted by Gasteiger charge is -2.13. The van der Waals surface area contributed by atoms with Crippen molar-refractivity contribution in [2.45, 2.75) is 32.6 Å². The van der Waals surface area contributed by atoms with Gasteiger partial charge in [-0.3, -0.25) is 4.79 Å². The van der Waals surface area contributed by atoms with Crippen LogP contribution in [-0.2, 0) is 0 Å². The molecule has 1 aliphatic rings. The van der Waals surface area contributed by atoms with Gasteiger partial charge in [0.25, 0.3) is 5.91 Å². The molecule has 0 aliphatic heterocycles. The third-order valence-electron chi connectivity index (χ3n) is 3.92. The molecule has 3 rings (SSSR count). The van der Waals surface area contributed by atoms with Crippen LogP contribution in [0.1, 0.15) is 48.7 Å². The van der Waals surface area contributed by atoms with Crippen LogP contribution in [0.4, 0.5) is 0 Å². The highest BCUT2D eigenvalue weighted by molar-refractivity contribution is 6.30. The SMILES string of the molecule is CC(C)c1c(C(=O)NCC2CC2)cnn1-c1ccc(Cl)cc1. The third kappa shape index (κ3) is 3.17. The first kappa shape index (κ1) is 15.1. The van der Waals surface area contributed by atoms with E-state index in [-0.39, 0.29) is 11.8 Å². The first-order valence-corrected chi connectivity index (χ1v) is 8.06. The van der Waals surface area contributed by atoms with Crippen LogP contribution in [0.2, 0.25) is 5.02 Å². The summed E-state index contributed by atoms with van der Waals surface area (Å²) in [6.07, 6.45) is 4.11. The Morgan fingerprint density at radius 3 is 2.64 bits per heavy atom. The molecule has 1 fully saturated rings. The van der Waals surface area contributed by atoms with Crippen molar-refractivity contribution < 1.29 is 4.79 Å². The second kappa shape index (κ2) is 6.13. The lowest BCUT2D eigenvalue weighted by molar-refractivity contribution is 0.0950. The number of hydrogen-bond acceptors (Lipinski definition) is 2. The Kier molecular flexibility index (Phi) is 4.21. The fraction of sp³-hybridized carbons (Fsp3) is 0.412. The van der Waals surface area contributed by atoms with Gasteiger partial charge in [-0.25, -0.2) is 4.68 Å². The van der Waals surface area contributed by atoms with Crippen LogP contribution in [0.25, 0.3) is 5.69 Å². The van der Waals surface area contributed by atoms with E-state index in [4.69, 9.17) is 11.6 Å². The standard InChI is InChI=1S/C17H20ClN3O/c1-11(2)16-15(17(22)19-9-12-3-4-12)10-20-21(16)14-7-5-13(18)6-8-14/h5-8,10-12H,3-4,9H2,1-2H3,(H,19,22). The summed E-state index contributed by atoms with van der Waals surface area (Å²) in [6.45, 7) is 4.91. The Labute approximate surface area is 135 Å². The average Bonchev–Trinajstić information content (AvgIpc) is 3.21. The van der Waals surface area contributed by atoms with Crippen molar-refractivity contribution in [2.75, 3.05) is 6.54 Å². The van der Waals surface area contributed by atoms with Crippen LogP contribution in [0.5, 0.6) is 0 Å². The van der Waals surface area contributed by atoms with Gasteiger partial charge in [0.2, 0.25) is 0 Å². The molecule has 1 aromatic carbocycles. The van der Waals surface area contributed by atoms with Crippen molar-refractivity contribution in [3.63, 3.8) is 0 Å². The van der Waals surface area contributed by atoms with E-state index < -0.39 is 0 Å². The molecule has 1 aliphatic carbocycles. The number of aromatic nitrogens is 2. The monoisotopic (exact) mass is 317 g/mol. The zero-order valence-corrected chi connectivity index (χ0v) is 13.6. The number of rotatable bonds is 5. The van der Waals surface area contributed by atoms with Crippen molar-refractivity contribution in [1.29, 1.82) is 0 Å². The van der Waals surface area contributed by atoms with Crippen LogP contribution in [0, 0.1) is 5.92 Å². The topological polar surface area (TPSA) is 46.9 Å². The van der Waals surface area contributed by atoms with Gasteiger partial charge in [-0.1, -0.05) is 25.4 Å². The van der Waals surface area contributed by atoms with Gasteiger partial charge >= 0.3 is 0 Å². The predicted molar refractivity (Wildman–Crippen MR) is 87.7 cm³/mol. The lowest BCUT2D eigenvalue weighted by Crippen LogP contribution is -2.26. The van der Waals surface area contributed by atoms with E-state index in [1.807, 2.05) is 28.9 Å². The number of nitrogens with zero attached hydrogens (tertiary/aromatic N) is 2. The van der Waals surface area contributed by atoms with Gasteiger partial charge in [-0.05, 0) is 48.9 Å². The summed E-state index contributed by atoms with van der Waals surface area (Å²) < 4.78 is 1.83. The number of carbonyl (C=O) groups is 1. The number of carbonyl (C=O) groups excluding carboxylic acids is 1. The minimum Gasteiger partial charge on any atom is -0.352 e. The van der Waals surface area contributed by atoms with Gasteiger partial charge in [0.1, 0.15) is 0 Å². The molecule has 4 nitrogen and oxygen atoms in total. The molecule has 0 saturated heterocycles. The first-order valence-electron chi connectivity index (χ1n) is 7.68. The summed E-state index contributed by atoms with van der Waals surface area (Å²) in [5.41, 5.74) is 2.50. The fourth-order valence-corrected chi connectivity index (χ4v) is 2.66. The molecular formula is C17H20ClN3O. The third-order valence-corrected chi connectivity index (χ3v) is 4.17. The van der Waals surface area contributed by atoms with E-state index in [0.717, 1.165) is 17.9 Å². The van der Waals surface area contributed by atoms with Crippen LogP contribution in [0.3, 0.4) is 0 Å². The highest BCUT2D eigenvalue weighted by atomic mass is 35.5. The van der Waals surface area contributed by atoms with Gasteiger partial charge in [-0.2, -0.15) is 5.10 Å². The molecule has 116 valence electrons. The zero-order chi connectivity index (χ0) is 15.7. The van der Waals surface area contributed by atoms with E-state index in [1.54, 1.807) is 6.20 Å². The second-order valence-corrected chi connectivity index (χ2v) is 6.58. The van der Waals surface area contributed by atoms with E-state index in [2.05, 4.69) is 24.3 Å². The highest BCUT2D eigenvalue weighted by Gasteiger charge is 2.24. The molecule has 1 N–H and O–H groups in total. The Morgan fingerprint density at radius 2 is 2.05 bits per heavy atom. The predicted octanol–water partition coefficient (Wildman–Crippen LogP) is 3.79. The number of benzene rings is 1. The molecule has 0 bridgehead atoms. The molecule has 1 saturated carbocycles.